The van der Waals surface area contributed by atoms with E-state index in [1.54, 1.807) is 7.11 Å². The van der Waals surface area contributed by atoms with Crippen molar-refractivity contribution in [1.82, 2.24) is 4.48 Å². The Morgan fingerprint density at radius 2 is 1.78 bits per heavy atom. The molecule has 0 radical (unpaired) electrons. The van der Waals surface area contributed by atoms with Crippen molar-refractivity contribution in [2.24, 2.45) is 0 Å². The molecule has 100 valence electrons. The molecule has 0 bridgehead atoms. The van der Waals surface area contributed by atoms with Crippen molar-refractivity contribution in [3.63, 3.8) is 0 Å². The van der Waals surface area contributed by atoms with Gasteiger partial charge in [0.1, 0.15) is 17.0 Å². The first-order chi connectivity index (χ1) is 7.79. The number of fused-ring (bicyclic) bond motifs is 1. The molecule has 0 spiro atoms. The van der Waals surface area contributed by atoms with Crippen molar-refractivity contribution in [1.29, 1.82) is 0 Å². The number of benzene rings is 1. The van der Waals surface area contributed by atoms with Gasteiger partial charge in [-0.15, -0.1) is 0 Å². The summed E-state index contributed by atoms with van der Waals surface area (Å²) in [5.74, 6) is 0.927. The molecule has 0 atom stereocenters. The summed E-state index contributed by atoms with van der Waals surface area (Å²) in [6.45, 7) is 6.74. The van der Waals surface area contributed by atoms with Gasteiger partial charge in [-0.3, -0.25) is 4.48 Å². The van der Waals surface area contributed by atoms with Crippen LogP contribution in [0.1, 0.15) is 26.3 Å². The number of ether oxygens (including phenoxy) is 1. The molecular weight excluding hydrogens is 337 g/mol. The largest absolute Gasteiger partial charge is 1.00 e. The summed E-state index contributed by atoms with van der Waals surface area (Å²) in [5, 5.41) is 0. The van der Waals surface area contributed by atoms with Crippen molar-refractivity contribution in [2.45, 2.75) is 26.3 Å². The van der Waals surface area contributed by atoms with E-state index in [-0.39, 0.29) is 29.5 Å². The Morgan fingerprint density at radius 1 is 1.17 bits per heavy atom. The number of likely N-dealkylation sites (N-methyl/N-ethyl adjacent to an activating group) is 1. The van der Waals surface area contributed by atoms with Crippen molar-refractivity contribution >= 4 is 11.3 Å². The van der Waals surface area contributed by atoms with Crippen molar-refractivity contribution < 1.29 is 28.7 Å². The molecule has 0 saturated heterocycles. The van der Waals surface area contributed by atoms with Crippen LogP contribution in [0.25, 0.3) is 5.57 Å². The molecule has 0 aromatic heterocycles. The van der Waals surface area contributed by atoms with Gasteiger partial charge in [0.2, 0.25) is 0 Å². The zero-order chi connectivity index (χ0) is 12.8. The van der Waals surface area contributed by atoms with E-state index in [0.29, 0.717) is 0 Å². The highest BCUT2D eigenvalue weighted by Crippen LogP contribution is 2.43. The average molecular weight is 359 g/mol. The molecule has 0 aliphatic carbocycles. The summed E-state index contributed by atoms with van der Waals surface area (Å²) in [5.41, 5.74) is 4.11. The predicted octanol–water partition coefficient (Wildman–Crippen LogP) is 0.462. The first-order valence-electron chi connectivity index (χ1n) is 6.02. The Hall–Kier alpha value is -0.550. The Labute approximate surface area is 127 Å². The maximum absolute atomic E-state index is 5.31. The van der Waals surface area contributed by atoms with Gasteiger partial charge in [0.15, 0.2) is 0 Å². The molecule has 1 aliphatic rings. The molecule has 18 heavy (non-hydrogen) atoms. The normalized spacial score (nSPS) is 19.3. The van der Waals surface area contributed by atoms with Gasteiger partial charge in [-0.05, 0) is 44.6 Å². The Bertz CT molecular complexity index is 489. The van der Waals surface area contributed by atoms with Crippen molar-refractivity contribution in [3.05, 3.63) is 29.8 Å². The monoisotopic (exact) mass is 359 g/mol. The molecule has 0 amide bonds. The maximum Gasteiger partial charge on any atom is 0.140 e. The second-order valence-electron chi connectivity index (χ2n) is 5.82. The highest BCUT2D eigenvalue weighted by Gasteiger charge is 2.41. The minimum absolute atomic E-state index is 0. The molecular formula is C15H22INO. The van der Waals surface area contributed by atoms with Crippen LogP contribution in [0.5, 0.6) is 5.75 Å². The number of rotatable bonds is 1. The molecule has 2 nitrogen and oxygen atoms in total. The minimum Gasteiger partial charge on any atom is -1.00 e. The molecule has 2 rings (SSSR count). The summed E-state index contributed by atoms with van der Waals surface area (Å²) < 4.78 is 6.18. The van der Waals surface area contributed by atoms with E-state index >= 15 is 0 Å². The molecule has 1 heterocycles. The number of halogens is 1. The molecule has 0 N–H and O–H groups in total. The number of hydrogen-bond donors (Lipinski definition) is 0. The van der Waals surface area contributed by atoms with Crippen LogP contribution in [0.15, 0.2) is 24.3 Å². The van der Waals surface area contributed by atoms with E-state index < -0.39 is 0 Å². The third-order valence-electron chi connectivity index (χ3n) is 4.24. The van der Waals surface area contributed by atoms with Gasteiger partial charge in [-0.2, -0.15) is 0 Å². The van der Waals surface area contributed by atoms with Gasteiger partial charge in [-0.25, -0.2) is 0 Å². The fourth-order valence-corrected chi connectivity index (χ4v) is 2.52. The van der Waals surface area contributed by atoms with Crippen molar-refractivity contribution in [3.8, 4) is 5.75 Å². The third kappa shape index (κ3) is 2.18. The summed E-state index contributed by atoms with van der Waals surface area (Å²) in [6.07, 6.45) is 2.36. The number of nitrogens with zero attached hydrogens (tertiary/aromatic N) is 1. The summed E-state index contributed by atoms with van der Waals surface area (Å²) in [7, 11) is 6.23. The Kier molecular flexibility index (Phi) is 4.18. The molecule has 3 heteroatoms. The molecule has 0 saturated carbocycles. The summed E-state index contributed by atoms with van der Waals surface area (Å²) in [4.78, 5) is 0. The topological polar surface area (TPSA) is 9.23 Å². The summed E-state index contributed by atoms with van der Waals surface area (Å²) in [6, 6.07) is 6.37. The van der Waals surface area contributed by atoms with Crippen LogP contribution >= 0.6 is 0 Å². The molecule has 1 aliphatic heterocycles. The standard InChI is InChI=1S/C15H22NO.HI/c1-11-10-15(2,3)16(4,5)14-8-7-12(17-6)9-13(11)14;/h7-10H,1-6H3;1H/q+1;/p-1. The molecule has 1 aromatic rings. The van der Waals surface area contributed by atoms with Crippen LogP contribution in [0.4, 0.5) is 5.69 Å². The third-order valence-corrected chi connectivity index (χ3v) is 4.24. The zero-order valence-electron chi connectivity index (χ0n) is 12.0. The number of hydrogen-bond acceptors (Lipinski definition) is 1. The van der Waals surface area contributed by atoms with Crippen LogP contribution in [-0.2, 0) is 0 Å². The fourth-order valence-electron chi connectivity index (χ4n) is 2.52. The highest BCUT2D eigenvalue weighted by molar-refractivity contribution is 5.80. The SMILES string of the molecule is COc1ccc2c(c1)C(C)=CC(C)(C)[N+]2(C)C.[I-]. The van der Waals surface area contributed by atoms with Gasteiger partial charge >= 0.3 is 0 Å². The molecule has 1 aromatic carbocycles. The Balaban J connectivity index is 0.00000162. The molecule has 0 fully saturated rings. The van der Waals surface area contributed by atoms with Crippen LogP contribution in [0, 0.1) is 0 Å². The van der Waals surface area contributed by atoms with E-state index in [0.717, 1.165) is 10.2 Å². The van der Waals surface area contributed by atoms with Gasteiger partial charge in [0.05, 0.1) is 21.2 Å². The molecule has 0 unspecified atom stereocenters. The van der Waals surface area contributed by atoms with Crippen molar-refractivity contribution in [2.75, 3.05) is 21.2 Å². The highest BCUT2D eigenvalue weighted by atomic mass is 127. The Morgan fingerprint density at radius 3 is 2.33 bits per heavy atom. The van der Waals surface area contributed by atoms with Gasteiger partial charge < -0.3 is 28.7 Å². The van der Waals surface area contributed by atoms with Gasteiger partial charge in [0, 0.05) is 11.6 Å². The lowest BCUT2D eigenvalue weighted by atomic mass is 9.87. The lowest BCUT2D eigenvalue weighted by Gasteiger charge is -2.46. The minimum atomic E-state index is 0. The lowest BCUT2D eigenvalue weighted by molar-refractivity contribution is -0.00000418. The first kappa shape index (κ1) is 15.5. The van der Waals surface area contributed by atoms with Crippen LogP contribution < -0.4 is 33.2 Å². The number of quaternary nitrogens is 1. The maximum atomic E-state index is 5.31. The quantitative estimate of drug-likeness (QED) is 0.523. The van der Waals surface area contributed by atoms with Gasteiger partial charge in [-0.1, -0.05) is 0 Å². The number of methoxy groups -OCH3 is 1. The smallest absolute Gasteiger partial charge is 0.140 e. The van der Waals surface area contributed by atoms with E-state index in [1.807, 2.05) is 6.07 Å². The van der Waals surface area contributed by atoms with Crippen LogP contribution in [0.2, 0.25) is 0 Å². The van der Waals surface area contributed by atoms with Crippen LogP contribution in [-0.4, -0.2) is 26.7 Å². The lowest BCUT2D eigenvalue weighted by Crippen LogP contribution is -3.00. The fraction of sp³-hybridized carbons (Fsp3) is 0.467. The van der Waals surface area contributed by atoms with Gasteiger partial charge in [0.25, 0.3) is 0 Å². The second-order valence-corrected chi connectivity index (χ2v) is 5.82. The number of allylic oxidation sites excluding steroid dienone is 1. The first-order valence-corrected chi connectivity index (χ1v) is 6.02. The summed E-state index contributed by atoms with van der Waals surface area (Å²) >= 11 is 0. The average Bonchev–Trinajstić information content (AvgIpc) is 2.25. The van der Waals surface area contributed by atoms with Crippen LogP contribution in [0.3, 0.4) is 0 Å². The second kappa shape index (κ2) is 4.85. The van der Waals surface area contributed by atoms with E-state index in [1.165, 1.54) is 16.8 Å². The van der Waals surface area contributed by atoms with E-state index in [9.17, 15) is 0 Å². The van der Waals surface area contributed by atoms with E-state index in [2.05, 4.69) is 53.1 Å². The predicted molar refractivity (Wildman–Crippen MR) is 74.4 cm³/mol. The zero-order valence-corrected chi connectivity index (χ0v) is 14.2. The van der Waals surface area contributed by atoms with E-state index in [4.69, 9.17) is 4.74 Å².